The molecule has 91 heavy (non-hydrogen) atoms. The van der Waals surface area contributed by atoms with Gasteiger partial charge < -0.3 is 75.2 Å². The van der Waals surface area contributed by atoms with Crippen molar-refractivity contribution >= 4 is 119 Å². The van der Waals surface area contributed by atoms with Crippen LogP contribution in [-0.4, -0.2) is 196 Å². The van der Waals surface area contributed by atoms with Gasteiger partial charge in [-0.2, -0.15) is 0 Å². The van der Waals surface area contributed by atoms with Gasteiger partial charge in [-0.25, -0.2) is 22.8 Å². The number of hydrogen-bond donors (Lipinski definition) is 8. The number of benzene rings is 2. The number of likely N-dealkylation sites (N-methyl/N-ethyl adjacent to an activating group) is 1. The van der Waals surface area contributed by atoms with Gasteiger partial charge in [0.05, 0.1) is 53.5 Å². The molecule has 0 spiro atoms. The highest BCUT2D eigenvalue weighted by atomic mass is 79.9. The summed E-state index contributed by atoms with van der Waals surface area (Å²) >= 11 is 13.6. The van der Waals surface area contributed by atoms with Gasteiger partial charge in [-0.05, 0) is 101 Å². The molecule has 2 aromatic carbocycles. The second-order valence-corrected chi connectivity index (χ2v) is 27.4. The van der Waals surface area contributed by atoms with E-state index in [0.717, 1.165) is 29.1 Å². The van der Waals surface area contributed by atoms with Crippen LogP contribution in [-0.2, 0) is 64.0 Å². The maximum Gasteiger partial charge on any atom is 0.409 e. The van der Waals surface area contributed by atoms with Crippen molar-refractivity contribution in [3.05, 3.63) is 70.3 Å². The van der Waals surface area contributed by atoms with Crippen molar-refractivity contribution in [2.24, 2.45) is 17.6 Å². The largest absolute Gasteiger partial charge is 0.495 e. The average molecular weight is 1440 g/mol. The minimum atomic E-state index is -4.27. The molecule has 4 bridgehead atoms. The monoisotopic (exact) mass is 1440 g/mol. The zero-order chi connectivity index (χ0) is 67.9. The van der Waals surface area contributed by atoms with E-state index in [-0.39, 0.29) is 53.5 Å². The first kappa shape index (κ1) is 75.7. The van der Waals surface area contributed by atoms with Crippen molar-refractivity contribution in [3.63, 3.8) is 0 Å². The van der Waals surface area contributed by atoms with Crippen LogP contribution in [0, 0.1) is 11.8 Å². The minimum Gasteiger partial charge on any atom is -0.495 e. The Morgan fingerprint density at radius 3 is 2.33 bits per heavy atom. The molecule has 2 fully saturated rings. The van der Waals surface area contributed by atoms with Gasteiger partial charge >= 0.3 is 18.1 Å². The normalized spacial score (nSPS) is 24.3. The number of sulfone groups is 1. The zero-order valence-corrected chi connectivity index (χ0v) is 57.8. The maximum absolute atomic E-state index is 14.6. The summed E-state index contributed by atoms with van der Waals surface area (Å²) in [5, 5.41) is 29.3. The van der Waals surface area contributed by atoms with Gasteiger partial charge in [-0.3, -0.25) is 29.8 Å². The molecule has 2 saturated heterocycles. The van der Waals surface area contributed by atoms with E-state index in [1.807, 2.05) is 6.92 Å². The van der Waals surface area contributed by atoms with Crippen LogP contribution in [0.15, 0.2) is 59.0 Å². The highest BCUT2D eigenvalue weighted by molar-refractivity contribution is 9.10. The van der Waals surface area contributed by atoms with Crippen molar-refractivity contribution in [1.82, 2.24) is 31.5 Å². The molecule has 9 N–H and O–H groups in total. The number of epoxide rings is 1. The van der Waals surface area contributed by atoms with Crippen molar-refractivity contribution in [1.29, 1.82) is 0 Å². The van der Waals surface area contributed by atoms with Crippen LogP contribution in [0.25, 0.3) is 0 Å². The maximum atomic E-state index is 14.6. The SMILES string of the molecule is COc1cc2cc(c1Cl)N(C)C(=O)C[C@H](OC(=O)[C@H](C)N(C)C(=O)c1ccc(NC(=O)[C@H](CCCNC(N)=O)NC(=O)[C@@H](N[C@H](C=O)CCCCNC(C=O)(CBr)CBr)C(C)C)c(S(C)(=O)=O)c1)[C@]1(C)O[C@H]1[C@H](C)[C@@H]1C[C@@](O)(NC(=O)O1)[C@H](OC)/C=C/C=C(\C)C2. The van der Waals surface area contributed by atoms with E-state index in [0.29, 0.717) is 54.7 Å². The van der Waals surface area contributed by atoms with Crippen molar-refractivity contribution in [2.45, 2.75) is 163 Å². The topological polar surface area (TPSA) is 362 Å². The summed E-state index contributed by atoms with van der Waals surface area (Å²) in [5.41, 5.74) is 2.41. The summed E-state index contributed by atoms with van der Waals surface area (Å²) in [7, 11) is 1.31. The van der Waals surface area contributed by atoms with Gasteiger partial charge in [0.15, 0.2) is 15.6 Å². The number of allylic oxidation sites excluding steroid dienone is 3. The van der Waals surface area contributed by atoms with Crippen LogP contribution < -0.4 is 47.3 Å². The standard InChI is InChI=1S/C61H86Br2ClN9O17S/c1-34(2)51(68-40(30-74)17-12-13-23-67-60(31-62,32-63)33-75)54(78)70-42(18-15-22-66-57(65)81)53(77)69-41-21-20-39(27-46(41)91(11,84)85)55(79)72(7)37(5)56(80)89-48-28-49(76)73(8)43-25-38(26-44(86-9)50(43)64)24-35(3)16-14-19-47(87-10)61(83)29-45(88-58(82)71-61)36(4)52-59(48,6)90-52/h14,16,19-21,25-27,30,33-34,36-37,40,42,45,47-48,51-52,67-68,83H,12-13,15,17-18,22-24,28-29,31-32H2,1-11H3,(H,69,77)(H,70,78)(H,71,82)(H3,65,66,81)/b19-14+,35-16+/t36-,37+,40+,42+,45+,47-,48+,51+,52+,59+,61+/m1/s1. The molecule has 26 nitrogen and oxygen atoms in total. The van der Waals surface area contributed by atoms with E-state index in [9.17, 15) is 56.7 Å². The Morgan fingerprint density at radius 2 is 1.73 bits per heavy atom. The first-order valence-corrected chi connectivity index (χ1v) is 34.2. The zero-order valence-electron chi connectivity index (χ0n) is 53.0. The number of alkyl carbamates (subject to hydrolysis) is 1. The summed E-state index contributed by atoms with van der Waals surface area (Å²) in [6.07, 6.45) is 3.46. The van der Waals surface area contributed by atoms with Gasteiger partial charge in [0.2, 0.25) is 17.7 Å². The molecule has 3 heterocycles. The number of rotatable bonds is 28. The molecule has 7 amide bonds. The molecule has 0 radical (unpaired) electrons. The first-order valence-electron chi connectivity index (χ1n) is 29.7. The summed E-state index contributed by atoms with van der Waals surface area (Å²) in [6, 6.07) is 1.50. The van der Waals surface area contributed by atoms with Crippen LogP contribution in [0.4, 0.5) is 21.0 Å². The fourth-order valence-corrected chi connectivity index (χ4v) is 13.5. The number of methoxy groups -OCH3 is 2. The number of hydrogen-bond acceptors (Lipinski definition) is 19. The van der Waals surface area contributed by atoms with Gasteiger partial charge in [-0.1, -0.05) is 94.5 Å². The molecule has 5 rings (SSSR count). The molecule has 0 aliphatic carbocycles. The van der Waals surface area contributed by atoms with E-state index in [1.54, 1.807) is 58.1 Å². The van der Waals surface area contributed by atoms with E-state index in [4.69, 9.17) is 41.0 Å². The Balaban J connectivity index is 1.39. The molecule has 3 aliphatic rings. The molecule has 11 atom stereocenters. The van der Waals surface area contributed by atoms with Gasteiger partial charge in [0, 0.05) is 62.6 Å². The third-order valence-electron chi connectivity index (χ3n) is 16.6. The number of esters is 1. The Kier molecular flexibility index (Phi) is 27.6. The lowest BCUT2D eigenvalue weighted by Gasteiger charge is -2.42. The molecule has 504 valence electrons. The average Bonchev–Trinajstić information content (AvgIpc) is 1.59. The van der Waals surface area contributed by atoms with Crippen molar-refractivity contribution in [3.8, 4) is 5.75 Å². The van der Waals surface area contributed by atoms with Crippen LogP contribution in [0.5, 0.6) is 5.75 Å². The fraction of sp³-hybridized carbons (Fsp3) is 0.590. The van der Waals surface area contributed by atoms with Crippen LogP contribution in [0.2, 0.25) is 5.02 Å². The molecule has 0 aromatic heterocycles. The number of anilines is 2. The number of primary amides is 1. The summed E-state index contributed by atoms with van der Waals surface area (Å²) < 4.78 is 56.6. The number of aldehydes is 2. The number of nitrogens with one attached hydrogen (secondary N) is 6. The number of amides is 7. The fourth-order valence-electron chi connectivity index (χ4n) is 10.8. The number of carbonyl (C=O) groups is 9. The van der Waals surface area contributed by atoms with Gasteiger partial charge in [0.25, 0.3) is 5.91 Å². The third-order valence-corrected chi connectivity index (χ3v) is 20.1. The van der Waals surface area contributed by atoms with Crippen LogP contribution >= 0.6 is 43.5 Å². The highest BCUT2D eigenvalue weighted by Crippen LogP contribution is 2.49. The number of halogens is 3. The van der Waals surface area contributed by atoms with Crippen LogP contribution in [0.1, 0.15) is 102 Å². The van der Waals surface area contributed by atoms with Crippen molar-refractivity contribution in [2.75, 3.05) is 68.5 Å². The lowest BCUT2D eigenvalue weighted by molar-refractivity contribution is -0.158. The first-order chi connectivity index (χ1) is 42.7. The Labute approximate surface area is 553 Å². The molecule has 2 aromatic rings. The number of nitrogens with two attached hydrogens (primary N) is 1. The van der Waals surface area contributed by atoms with Crippen molar-refractivity contribution < 1.29 is 80.4 Å². The van der Waals surface area contributed by atoms with Gasteiger partial charge in [-0.15, -0.1) is 0 Å². The van der Waals surface area contributed by atoms with Gasteiger partial charge in [0.1, 0.15) is 59.3 Å². The minimum absolute atomic E-state index is 0.00571. The van der Waals surface area contributed by atoms with E-state index >= 15 is 0 Å². The lowest BCUT2D eigenvalue weighted by atomic mass is 9.83. The third kappa shape index (κ3) is 19.8. The molecule has 0 unspecified atom stereocenters. The lowest BCUT2D eigenvalue weighted by Crippen LogP contribution is -2.63. The number of carbonyl (C=O) groups excluding carboxylic acids is 9. The Bertz CT molecular complexity index is 3170. The number of nitrogens with zero attached hydrogens (tertiary/aromatic N) is 2. The Morgan fingerprint density at radius 1 is 1.03 bits per heavy atom. The van der Waals surface area contributed by atoms with E-state index in [1.165, 1.54) is 52.3 Å². The molecule has 0 saturated carbocycles. The second kappa shape index (κ2) is 33.2. The number of fused-ring (bicyclic) bond motifs is 5. The van der Waals surface area contributed by atoms with E-state index in [2.05, 4.69) is 63.8 Å². The summed E-state index contributed by atoms with van der Waals surface area (Å²) in [6.45, 7) is 10.5. The number of urea groups is 1. The number of alkyl halides is 2. The quantitative estimate of drug-likeness (QED) is 0.0187. The molecule has 3 aliphatic heterocycles. The molecular weight excluding hydrogens is 1360 g/mol. The smallest absolute Gasteiger partial charge is 0.409 e. The van der Waals surface area contributed by atoms with Crippen LogP contribution in [0.3, 0.4) is 0 Å². The number of aliphatic hydroxyl groups is 1. The second-order valence-electron chi connectivity index (χ2n) is 23.9. The summed E-state index contributed by atoms with van der Waals surface area (Å²) in [5.74, 6) is -4.80. The molecular formula is C61H86Br2ClN9O17S. The number of ether oxygens (including phenoxy) is 5. The summed E-state index contributed by atoms with van der Waals surface area (Å²) in [4.78, 5) is 122. The predicted octanol–water partition coefficient (Wildman–Crippen LogP) is 4.77. The molecule has 30 heteroatoms. The Hall–Kier alpha value is -6.05. The highest BCUT2D eigenvalue weighted by Gasteiger charge is 2.64. The predicted molar refractivity (Wildman–Crippen MR) is 347 cm³/mol. The van der Waals surface area contributed by atoms with E-state index < -0.39 is 140 Å². The number of unbranched alkanes of at least 4 members (excludes halogenated alkanes) is 1.